The van der Waals surface area contributed by atoms with Crippen LogP contribution in [0.4, 0.5) is 0 Å². The van der Waals surface area contributed by atoms with E-state index in [1.807, 2.05) is 6.08 Å². The van der Waals surface area contributed by atoms with E-state index in [4.69, 9.17) is 0 Å². The minimum Gasteiger partial charge on any atom is -0.466 e. The summed E-state index contributed by atoms with van der Waals surface area (Å²) < 4.78 is 4.57. The van der Waals surface area contributed by atoms with Gasteiger partial charge < -0.3 is 4.74 Å². The molecule has 0 aromatic carbocycles. The van der Waals surface area contributed by atoms with E-state index in [0.717, 1.165) is 6.42 Å². The van der Waals surface area contributed by atoms with E-state index in [-0.39, 0.29) is 5.97 Å². The van der Waals surface area contributed by atoms with Crippen LogP contribution < -0.4 is 0 Å². The van der Waals surface area contributed by atoms with Gasteiger partial charge in [-0.1, -0.05) is 38.0 Å². The molecule has 0 fully saturated rings. The largest absolute Gasteiger partial charge is 0.466 e. The number of methoxy groups -OCH3 is 1. The fraction of sp³-hybridized carbons (Fsp3) is 0.583. The van der Waals surface area contributed by atoms with Crippen LogP contribution in [0.25, 0.3) is 0 Å². The Balaban J connectivity index is 3.73. The third-order valence-corrected chi connectivity index (χ3v) is 1.96. The predicted molar refractivity (Wildman–Crippen MR) is 59.1 cm³/mol. The molecule has 0 aliphatic heterocycles. The standard InChI is InChI=1S/C12H20O2/c1-4-5-6-7-8-9-10-11(2)12(13)14-3/h8-10H,4-7H2,1-3H3/b9-8+,11-10+. The summed E-state index contributed by atoms with van der Waals surface area (Å²) in [5, 5.41) is 0. The fourth-order valence-electron chi connectivity index (χ4n) is 1.05. The fourth-order valence-corrected chi connectivity index (χ4v) is 1.05. The number of carbonyl (C=O) groups excluding carboxylic acids is 1. The van der Waals surface area contributed by atoms with Crippen LogP contribution in [0.2, 0.25) is 0 Å². The summed E-state index contributed by atoms with van der Waals surface area (Å²) in [7, 11) is 1.39. The molecule has 0 aromatic rings. The quantitative estimate of drug-likeness (QED) is 0.282. The Labute approximate surface area is 86.6 Å². The highest BCUT2D eigenvalue weighted by molar-refractivity contribution is 5.87. The van der Waals surface area contributed by atoms with Gasteiger partial charge in [-0.3, -0.25) is 0 Å². The van der Waals surface area contributed by atoms with Gasteiger partial charge in [0.05, 0.1) is 7.11 Å². The van der Waals surface area contributed by atoms with E-state index < -0.39 is 0 Å². The van der Waals surface area contributed by atoms with Crippen molar-refractivity contribution in [2.24, 2.45) is 0 Å². The highest BCUT2D eigenvalue weighted by Crippen LogP contribution is 2.01. The zero-order valence-electron chi connectivity index (χ0n) is 9.38. The Bertz CT molecular complexity index is 214. The van der Waals surface area contributed by atoms with Crippen LogP contribution >= 0.6 is 0 Å². The van der Waals surface area contributed by atoms with Crippen LogP contribution in [-0.2, 0) is 9.53 Å². The first-order valence-corrected chi connectivity index (χ1v) is 5.14. The smallest absolute Gasteiger partial charge is 0.333 e. The second-order valence-corrected chi connectivity index (χ2v) is 3.27. The minimum absolute atomic E-state index is 0.261. The molecular weight excluding hydrogens is 176 g/mol. The SMILES string of the molecule is CCCCC/C=C/C=C(\C)C(=O)OC. The lowest BCUT2D eigenvalue weighted by atomic mass is 10.2. The molecule has 2 nitrogen and oxygen atoms in total. The molecule has 0 bridgehead atoms. The van der Waals surface area contributed by atoms with Crippen molar-refractivity contribution in [3.05, 3.63) is 23.8 Å². The van der Waals surface area contributed by atoms with Crippen molar-refractivity contribution in [2.45, 2.75) is 39.5 Å². The highest BCUT2D eigenvalue weighted by Gasteiger charge is 1.99. The lowest BCUT2D eigenvalue weighted by Gasteiger charge is -1.95. The van der Waals surface area contributed by atoms with Gasteiger partial charge >= 0.3 is 5.97 Å². The second kappa shape index (κ2) is 8.54. The zero-order valence-corrected chi connectivity index (χ0v) is 9.38. The van der Waals surface area contributed by atoms with E-state index in [9.17, 15) is 4.79 Å². The molecule has 0 rings (SSSR count). The molecule has 14 heavy (non-hydrogen) atoms. The van der Waals surface area contributed by atoms with Gasteiger partial charge in [-0.2, -0.15) is 0 Å². The van der Waals surface area contributed by atoms with Crippen molar-refractivity contribution in [1.82, 2.24) is 0 Å². The Hall–Kier alpha value is -1.05. The van der Waals surface area contributed by atoms with Gasteiger partial charge in [0.1, 0.15) is 0 Å². The first kappa shape index (κ1) is 12.9. The summed E-state index contributed by atoms with van der Waals surface area (Å²) in [6, 6.07) is 0. The van der Waals surface area contributed by atoms with Crippen LogP contribution in [-0.4, -0.2) is 13.1 Å². The third-order valence-electron chi connectivity index (χ3n) is 1.96. The van der Waals surface area contributed by atoms with Gasteiger partial charge in [-0.25, -0.2) is 4.79 Å². The average molecular weight is 196 g/mol. The van der Waals surface area contributed by atoms with Gasteiger partial charge in [0.2, 0.25) is 0 Å². The molecule has 0 spiro atoms. The maximum absolute atomic E-state index is 11.0. The van der Waals surface area contributed by atoms with Crippen molar-refractivity contribution in [1.29, 1.82) is 0 Å². The number of carbonyl (C=O) groups is 1. The normalized spacial score (nSPS) is 12.1. The summed E-state index contributed by atoms with van der Waals surface area (Å²) >= 11 is 0. The number of allylic oxidation sites excluding steroid dienone is 3. The third kappa shape index (κ3) is 6.46. The number of hydrogen-bond acceptors (Lipinski definition) is 2. The molecule has 0 aliphatic rings. The summed E-state index contributed by atoms with van der Waals surface area (Å²) in [5.41, 5.74) is 0.638. The topological polar surface area (TPSA) is 26.3 Å². The lowest BCUT2D eigenvalue weighted by molar-refractivity contribution is -0.136. The lowest BCUT2D eigenvalue weighted by Crippen LogP contribution is -2.00. The molecule has 0 saturated carbocycles. The predicted octanol–water partition coefficient (Wildman–Crippen LogP) is 3.24. The van der Waals surface area contributed by atoms with Crippen LogP contribution in [0.1, 0.15) is 39.5 Å². The summed E-state index contributed by atoms with van der Waals surface area (Å²) in [6.07, 6.45) is 10.6. The second-order valence-electron chi connectivity index (χ2n) is 3.27. The van der Waals surface area contributed by atoms with E-state index in [1.165, 1.54) is 26.4 Å². The van der Waals surface area contributed by atoms with E-state index in [0.29, 0.717) is 5.57 Å². The summed E-state index contributed by atoms with van der Waals surface area (Å²) in [5.74, 6) is -0.261. The molecule has 0 atom stereocenters. The average Bonchev–Trinajstić information content (AvgIpc) is 2.21. The molecule has 0 saturated heterocycles. The van der Waals surface area contributed by atoms with Crippen LogP contribution in [0, 0.1) is 0 Å². The molecule has 0 unspecified atom stereocenters. The van der Waals surface area contributed by atoms with Gasteiger partial charge in [-0.15, -0.1) is 0 Å². The van der Waals surface area contributed by atoms with E-state index in [2.05, 4.69) is 17.7 Å². The Morgan fingerprint density at radius 3 is 2.64 bits per heavy atom. The number of esters is 1. The Morgan fingerprint density at radius 2 is 2.07 bits per heavy atom. The molecule has 0 heterocycles. The van der Waals surface area contributed by atoms with E-state index in [1.54, 1.807) is 13.0 Å². The maximum atomic E-state index is 11.0. The number of unbranched alkanes of at least 4 members (excludes halogenated alkanes) is 3. The number of rotatable bonds is 6. The van der Waals surface area contributed by atoms with Crippen LogP contribution in [0.5, 0.6) is 0 Å². The zero-order chi connectivity index (χ0) is 10.8. The molecule has 0 radical (unpaired) electrons. The number of hydrogen-bond donors (Lipinski definition) is 0. The minimum atomic E-state index is -0.261. The molecule has 0 aromatic heterocycles. The Morgan fingerprint density at radius 1 is 1.36 bits per heavy atom. The van der Waals surface area contributed by atoms with Gasteiger partial charge in [0.15, 0.2) is 0 Å². The summed E-state index contributed by atoms with van der Waals surface area (Å²) in [4.78, 5) is 11.0. The van der Waals surface area contributed by atoms with Gasteiger partial charge in [0.25, 0.3) is 0 Å². The molecular formula is C12H20O2. The van der Waals surface area contributed by atoms with Gasteiger partial charge in [-0.05, 0) is 19.8 Å². The van der Waals surface area contributed by atoms with Crippen LogP contribution in [0.3, 0.4) is 0 Å². The number of ether oxygens (including phenoxy) is 1. The van der Waals surface area contributed by atoms with Crippen molar-refractivity contribution in [3.8, 4) is 0 Å². The molecule has 80 valence electrons. The van der Waals surface area contributed by atoms with Crippen LogP contribution in [0.15, 0.2) is 23.8 Å². The molecule has 0 aliphatic carbocycles. The monoisotopic (exact) mass is 196 g/mol. The summed E-state index contributed by atoms with van der Waals surface area (Å²) in [6.45, 7) is 3.94. The van der Waals surface area contributed by atoms with Crippen molar-refractivity contribution in [2.75, 3.05) is 7.11 Å². The maximum Gasteiger partial charge on any atom is 0.333 e. The van der Waals surface area contributed by atoms with E-state index >= 15 is 0 Å². The van der Waals surface area contributed by atoms with Crippen molar-refractivity contribution < 1.29 is 9.53 Å². The van der Waals surface area contributed by atoms with Crippen molar-refractivity contribution in [3.63, 3.8) is 0 Å². The first-order chi connectivity index (χ1) is 6.72. The first-order valence-electron chi connectivity index (χ1n) is 5.14. The molecule has 0 N–H and O–H groups in total. The van der Waals surface area contributed by atoms with Crippen molar-refractivity contribution >= 4 is 5.97 Å². The highest BCUT2D eigenvalue weighted by atomic mass is 16.5. The Kier molecular flexibility index (Phi) is 7.90. The molecule has 0 amide bonds. The van der Waals surface area contributed by atoms with Gasteiger partial charge in [0, 0.05) is 5.57 Å². The molecule has 2 heteroatoms.